The predicted molar refractivity (Wildman–Crippen MR) is 66.7 cm³/mol. The first-order valence-corrected chi connectivity index (χ1v) is 7.02. The van der Waals surface area contributed by atoms with Crippen LogP contribution in [0.25, 0.3) is 0 Å². The zero-order valence-electron chi connectivity index (χ0n) is 10.6. The minimum absolute atomic E-state index is 0.0290. The monoisotopic (exact) mass is 251 g/mol. The van der Waals surface area contributed by atoms with Gasteiger partial charge in [0, 0.05) is 13.1 Å². The van der Waals surface area contributed by atoms with Gasteiger partial charge in [-0.05, 0) is 43.4 Å². The number of nitrogens with one attached hydrogen (secondary N) is 3. The fraction of sp³-hybridized carbons (Fsp3) is 0.846. The van der Waals surface area contributed by atoms with Gasteiger partial charge in [-0.25, -0.2) is 0 Å². The van der Waals surface area contributed by atoms with Crippen LogP contribution in [0, 0.1) is 17.8 Å². The zero-order valence-corrected chi connectivity index (χ0v) is 10.6. The molecule has 3 N–H and O–H groups in total. The Bertz CT molecular complexity index is 328. The van der Waals surface area contributed by atoms with Gasteiger partial charge in [0.2, 0.25) is 11.8 Å². The van der Waals surface area contributed by atoms with E-state index < -0.39 is 0 Å². The highest BCUT2D eigenvalue weighted by Gasteiger charge is 2.41. The van der Waals surface area contributed by atoms with Gasteiger partial charge in [-0.1, -0.05) is 0 Å². The van der Waals surface area contributed by atoms with Crippen LogP contribution in [0.4, 0.5) is 0 Å². The van der Waals surface area contributed by atoms with Crippen molar-refractivity contribution in [3.05, 3.63) is 0 Å². The molecule has 0 aromatic rings. The predicted octanol–water partition coefficient (Wildman–Crippen LogP) is -0.373. The number of amides is 2. The van der Waals surface area contributed by atoms with Crippen LogP contribution in [0.5, 0.6) is 0 Å². The molecule has 0 spiro atoms. The van der Waals surface area contributed by atoms with Gasteiger partial charge < -0.3 is 10.6 Å². The van der Waals surface area contributed by atoms with Crippen molar-refractivity contribution in [1.82, 2.24) is 16.0 Å². The lowest BCUT2D eigenvalue weighted by molar-refractivity contribution is -0.126. The van der Waals surface area contributed by atoms with Crippen molar-refractivity contribution in [2.24, 2.45) is 17.8 Å². The van der Waals surface area contributed by atoms with Gasteiger partial charge in [-0.15, -0.1) is 0 Å². The maximum Gasteiger partial charge on any atom is 0.238 e. The van der Waals surface area contributed by atoms with E-state index in [0.29, 0.717) is 12.5 Å². The third-order valence-corrected chi connectivity index (χ3v) is 4.30. The fourth-order valence-electron chi connectivity index (χ4n) is 2.86. The molecule has 0 radical (unpaired) electrons. The standard InChI is InChI=1S/C13H21N3O2/c17-12-7-14-11(6-15-12)13(18)16-5-10(8-1-2-8)9-3-4-9/h8-11,14H,1-7H2,(H,15,17)(H,16,18). The summed E-state index contributed by atoms with van der Waals surface area (Å²) in [6, 6.07) is -0.262. The molecule has 3 aliphatic rings. The molecular weight excluding hydrogens is 230 g/mol. The summed E-state index contributed by atoms with van der Waals surface area (Å²) in [4.78, 5) is 23.0. The lowest BCUT2D eigenvalue weighted by Crippen LogP contribution is -2.58. The minimum atomic E-state index is -0.262. The summed E-state index contributed by atoms with van der Waals surface area (Å²) >= 11 is 0. The van der Waals surface area contributed by atoms with E-state index in [0.717, 1.165) is 18.4 Å². The highest BCUT2D eigenvalue weighted by atomic mass is 16.2. The third kappa shape index (κ3) is 2.83. The van der Waals surface area contributed by atoms with E-state index in [1.54, 1.807) is 0 Å². The summed E-state index contributed by atoms with van der Waals surface area (Å²) in [7, 11) is 0. The van der Waals surface area contributed by atoms with Gasteiger partial charge in [0.1, 0.15) is 6.04 Å². The van der Waals surface area contributed by atoms with Gasteiger partial charge in [0.15, 0.2) is 0 Å². The molecule has 3 fully saturated rings. The van der Waals surface area contributed by atoms with Crippen molar-refractivity contribution >= 4 is 11.8 Å². The normalized spacial score (nSPS) is 28.1. The number of carbonyl (C=O) groups is 2. The Morgan fingerprint density at radius 1 is 1.28 bits per heavy atom. The summed E-state index contributed by atoms with van der Waals surface area (Å²) in [6.45, 7) is 1.47. The summed E-state index contributed by atoms with van der Waals surface area (Å²) in [6.07, 6.45) is 5.37. The van der Waals surface area contributed by atoms with Gasteiger partial charge in [-0.3, -0.25) is 14.9 Å². The second-order valence-corrected chi connectivity index (χ2v) is 5.82. The molecule has 5 heteroatoms. The highest BCUT2D eigenvalue weighted by molar-refractivity contribution is 5.86. The van der Waals surface area contributed by atoms with Gasteiger partial charge in [0.05, 0.1) is 6.54 Å². The van der Waals surface area contributed by atoms with E-state index >= 15 is 0 Å². The van der Waals surface area contributed by atoms with Crippen LogP contribution in [-0.2, 0) is 9.59 Å². The number of carbonyl (C=O) groups excluding carboxylic acids is 2. The lowest BCUT2D eigenvalue weighted by Gasteiger charge is -2.24. The Balaban J connectivity index is 1.44. The first-order chi connectivity index (χ1) is 8.74. The molecule has 1 heterocycles. The van der Waals surface area contributed by atoms with E-state index in [-0.39, 0.29) is 24.4 Å². The van der Waals surface area contributed by atoms with Crippen LogP contribution in [0.1, 0.15) is 25.7 Å². The Morgan fingerprint density at radius 3 is 2.44 bits per heavy atom. The molecule has 0 aromatic heterocycles. The average molecular weight is 251 g/mol. The number of hydrogen-bond donors (Lipinski definition) is 3. The molecule has 1 atom stereocenters. The summed E-state index contributed by atoms with van der Waals surface area (Å²) < 4.78 is 0. The Hall–Kier alpha value is -1.10. The van der Waals surface area contributed by atoms with Crippen LogP contribution in [0.2, 0.25) is 0 Å². The van der Waals surface area contributed by atoms with Crippen molar-refractivity contribution < 1.29 is 9.59 Å². The average Bonchev–Trinajstić information content (AvgIpc) is 3.24. The molecule has 2 aliphatic carbocycles. The van der Waals surface area contributed by atoms with E-state index in [2.05, 4.69) is 16.0 Å². The smallest absolute Gasteiger partial charge is 0.238 e. The topological polar surface area (TPSA) is 70.2 Å². The first-order valence-electron chi connectivity index (χ1n) is 7.02. The van der Waals surface area contributed by atoms with Crippen molar-refractivity contribution in [1.29, 1.82) is 0 Å². The second kappa shape index (κ2) is 4.88. The maximum atomic E-state index is 12.0. The van der Waals surface area contributed by atoms with Crippen LogP contribution in [0.3, 0.4) is 0 Å². The van der Waals surface area contributed by atoms with Crippen LogP contribution in [-0.4, -0.2) is 37.5 Å². The minimum Gasteiger partial charge on any atom is -0.354 e. The first kappa shape index (κ1) is 12.0. The maximum absolute atomic E-state index is 12.0. The van der Waals surface area contributed by atoms with E-state index in [4.69, 9.17) is 0 Å². The van der Waals surface area contributed by atoms with Crippen molar-refractivity contribution in [3.63, 3.8) is 0 Å². The Morgan fingerprint density at radius 2 is 1.94 bits per heavy atom. The summed E-state index contributed by atoms with van der Waals surface area (Å²) in [5.41, 5.74) is 0. The highest BCUT2D eigenvalue weighted by Crippen LogP contribution is 2.48. The summed E-state index contributed by atoms with van der Waals surface area (Å²) in [5, 5.41) is 8.72. The SMILES string of the molecule is O=C1CNC(C(=O)NCC(C2CC2)C2CC2)CN1. The van der Waals surface area contributed by atoms with Gasteiger partial charge in [-0.2, -0.15) is 0 Å². The number of hydrogen-bond acceptors (Lipinski definition) is 3. The lowest BCUT2D eigenvalue weighted by atomic mass is 9.98. The van der Waals surface area contributed by atoms with E-state index in [1.165, 1.54) is 25.7 Å². The molecule has 1 unspecified atom stereocenters. The molecular formula is C13H21N3O2. The molecule has 3 rings (SSSR count). The largest absolute Gasteiger partial charge is 0.354 e. The third-order valence-electron chi connectivity index (χ3n) is 4.30. The molecule has 0 bridgehead atoms. The second-order valence-electron chi connectivity index (χ2n) is 5.82. The molecule has 2 amide bonds. The molecule has 18 heavy (non-hydrogen) atoms. The number of piperazine rings is 1. The number of rotatable bonds is 5. The van der Waals surface area contributed by atoms with Crippen molar-refractivity contribution in [3.8, 4) is 0 Å². The van der Waals surface area contributed by atoms with Crippen molar-refractivity contribution in [2.75, 3.05) is 19.6 Å². The van der Waals surface area contributed by atoms with Gasteiger partial charge >= 0.3 is 0 Å². The molecule has 2 saturated carbocycles. The molecule has 1 saturated heterocycles. The van der Waals surface area contributed by atoms with Crippen LogP contribution >= 0.6 is 0 Å². The molecule has 1 aliphatic heterocycles. The van der Waals surface area contributed by atoms with E-state index in [9.17, 15) is 9.59 Å². The van der Waals surface area contributed by atoms with Crippen LogP contribution < -0.4 is 16.0 Å². The Kier molecular flexibility index (Phi) is 3.24. The molecule has 5 nitrogen and oxygen atoms in total. The fourth-order valence-corrected chi connectivity index (χ4v) is 2.86. The Labute approximate surface area is 107 Å². The molecule has 100 valence electrons. The summed E-state index contributed by atoms with van der Waals surface area (Å²) in [5.74, 6) is 2.41. The van der Waals surface area contributed by atoms with E-state index in [1.807, 2.05) is 0 Å². The quantitative estimate of drug-likeness (QED) is 0.624. The van der Waals surface area contributed by atoms with Crippen LogP contribution in [0.15, 0.2) is 0 Å². The molecule has 0 aromatic carbocycles. The zero-order chi connectivity index (χ0) is 12.5. The van der Waals surface area contributed by atoms with Crippen molar-refractivity contribution in [2.45, 2.75) is 31.7 Å². The van der Waals surface area contributed by atoms with Gasteiger partial charge in [0.25, 0.3) is 0 Å².